The molecule has 0 aliphatic heterocycles. The zero-order valence-electron chi connectivity index (χ0n) is 9.92. The molecular formula is C12H15F3N2O. The third-order valence-corrected chi connectivity index (χ3v) is 2.49. The average Bonchev–Trinajstić information content (AvgIpc) is 2.28. The smallest absolute Gasteiger partial charge is 0.350 e. The first kappa shape index (κ1) is 14.5. The highest BCUT2D eigenvalue weighted by molar-refractivity contribution is 5.76. The van der Waals surface area contributed by atoms with Crippen LogP contribution in [0.15, 0.2) is 24.3 Å². The number of amides is 1. The highest BCUT2D eigenvalue weighted by Crippen LogP contribution is 2.29. The number of alkyl halides is 3. The van der Waals surface area contributed by atoms with E-state index in [4.69, 9.17) is 5.73 Å². The van der Waals surface area contributed by atoms with Gasteiger partial charge in [-0.15, -0.1) is 0 Å². The Bertz CT molecular complexity index is 401. The minimum atomic E-state index is -4.34. The van der Waals surface area contributed by atoms with Gasteiger partial charge in [0.15, 0.2) is 0 Å². The molecule has 1 rings (SSSR count). The van der Waals surface area contributed by atoms with Gasteiger partial charge in [0.1, 0.15) is 0 Å². The molecular weight excluding hydrogens is 245 g/mol. The fraction of sp³-hybridized carbons (Fsp3) is 0.417. The molecule has 1 unspecified atom stereocenters. The molecule has 0 saturated carbocycles. The van der Waals surface area contributed by atoms with Crippen molar-refractivity contribution in [1.29, 1.82) is 0 Å². The van der Waals surface area contributed by atoms with E-state index in [1.165, 1.54) is 12.1 Å². The Morgan fingerprint density at radius 2 is 1.89 bits per heavy atom. The Kier molecular flexibility index (Phi) is 4.72. The molecule has 1 aromatic rings. The summed E-state index contributed by atoms with van der Waals surface area (Å²) in [6, 6.07) is 4.38. The molecule has 3 nitrogen and oxygen atoms in total. The van der Waals surface area contributed by atoms with Crippen LogP contribution >= 0.6 is 0 Å². The molecule has 6 heteroatoms. The summed E-state index contributed by atoms with van der Waals surface area (Å²) in [6.45, 7) is 1.95. The van der Waals surface area contributed by atoms with Crippen molar-refractivity contribution in [3.8, 4) is 0 Å². The van der Waals surface area contributed by atoms with Crippen molar-refractivity contribution in [3.63, 3.8) is 0 Å². The highest BCUT2D eigenvalue weighted by Gasteiger charge is 2.30. The van der Waals surface area contributed by atoms with Gasteiger partial charge in [0.25, 0.3) is 0 Å². The Morgan fingerprint density at radius 3 is 2.33 bits per heavy atom. The minimum absolute atomic E-state index is 0.199. The van der Waals surface area contributed by atoms with E-state index in [2.05, 4.69) is 5.32 Å². The van der Waals surface area contributed by atoms with Gasteiger partial charge in [-0.1, -0.05) is 12.1 Å². The summed E-state index contributed by atoms with van der Waals surface area (Å²) in [5, 5.41) is 2.66. The van der Waals surface area contributed by atoms with Crippen LogP contribution in [-0.4, -0.2) is 12.5 Å². The van der Waals surface area contributed by atoms with E-state index in [-0.39, 0.29) is 24.9 Å². The van der Waals surface area contributed by atoms with E-state index >= 15 is 0 Å². The Hall–Kier alpha value is -1.56. The summed E-state index contributed by atoms with van der Waals surface area (Å²) < 4.78 is 37.0. The molecule has 0 aromatic heterocycles. The number of halogens is 3. The number of nitrogens with two attached hydrogens (primary N) is 1. The summed E-state index contributed by atoms with van der Waals surface area (Å²) in [6.07, 6.45) is -4.14. The largest absolute Gasteiger partial charge is 0.416 e. The van der Waals surface area contributed by atoms with E-state index < -0.39 is 11.7 Å². The third-order valence-electron chi connectivity index (χ3n) is 2.49. The molecule has 1 amide bonds. The molecule has 0 heterocycles. The number of carbonyl (C=O) groups excluding carboxylic acids is 1. The van der Waals surface area contributed by atoms with Gasteiger partial charge in [-0.25, -0.2) is 0 Å². The second-order valence-corrected chi connectivity index (χ2v) is 3.95. The van der Waals surface area contributed by atoms with Crippen molar-refractivity contribution in [1.82, 2.24) is 5.32 Å². The standard InChI is InChI=1S/C12H15F3N2O/c1-8(17-11(18)6-7-16)9-2-4-10(5-3-9)12(13,14)15/h2-5,8H,6-7,16H2,1H3,(H,17,18). The van der Waals surface area contributed by atoms with Gasteiger partial charge >= 0.3 is 6.18 Å². The van der Waals surface area contributed by atoms with Crippen LogP contribution in [0.1, 0.15) is 30.5 Å². The predicted octanol–water partition coefficient (Wildman–Crippen LogP) is 2.23. The number of benzene rings is 1. The second-order valence-electron chi connectivity index (χ2n) is 3.95. The van der Waals surface area contributed by atoms with Crippen molar-refractivity contribution in [3.05, 3.63) is 35.4 Å². The molecule has 0 radical (unpaired) electrons. The second kappa shape index (κ2) is 5.86. The van der Waals surface area contributed by atoms with Crippen molar-refractivity contribution in [2.45, 2.75) is 25.6 Å². The third kappa shape index (κ3) is 4.03. The van der Waals surface area contributed by atoms with Gasteiger partial charge < -0.3 is 11.1 Å². The van der Waals surface area contributed by atoms with Crippen LogP contribution in [0, 0.1) is 0 Å². The summed E-state index contributed by atoms with van der Waals surface area (Å²) in [5.74, 6) is -0.218. The summed E-state index contributed by atoms with van der Waals surface area (Å²) in [4.78, 5) is 11.3. The monoisotopic (exact) mass is 260 g/mol. The van der Waals surface area contributed by atoms with E-state index in [1.807, 2.05) is 0 Å². The van der Waals surface area contributed by atoms with Gasteiger partial charge in [-0.05, 0) is 24.6 Å². The molecule has 0 saturated heterocycles. The maximum Gasteiger partial charge on any atom is 0.416 e. The molecule has 0 aliphatic carbocycles. The number of hydrogen-bond donors (Lipinski definition) is 2. The molecule has 3 N–H and O–H groups in total. The van der Waals surface area contributed by atoms with Crippen LogP contribution in [0.25, 0.3) is 0 Å². The van der Waals surface area contributed by atoms with E-state index in [0.29, 0.717) is 5.56 Å². The van der Waals surface area contributed by atoms with Crippen molar-refractivity contribution >= 4 is 5.91 Å². The molecule has 18 heavy (non-hydrogen) atoms. The Labute approximate surface area is 103 Å². The first-order chi connectivity index (χ1) is 8.34. The summed E-state index contributed by atoms with van der Waals surface area (Å²) >= 11 is 0. The molecule has 1 aromatic carbocycles. The van der Waals surface area contributed by atoms with Gasteiger partial charge in [-0.2, -0.15) is 13.2 Å². The van der Waals surface area contributed by atoms with Gasteiger partial charge in [0, 0.05) is 13.0 Å². The first-order valence-corrected chi connectivity index (χ1v) is 5.51. The lowest BCUT2D eigenvalue weighted by Gasteiger charge is -2.15. The van der Waals surface area contributed by atoms with Crippen molar-refractivity contribution < 1.29 is 18.0 Å². The number of nitrogens with one attached hydrogen (secondary N) is 1. The number of hydrogen-bond acceptors (Lipinski definition) is 2. The Morgan fingerprint density at radius 1 is 1.33 bits per heavy atom. The molecule has 0 fully saturated rings. The maximum atomic E-state index is 12.3. The molecule has 0 bridgehead atoms. The zero-order chi connectivity index (χ0) is 13.8. The van der Waals surface area contributed by atoms with Crippen molar-refractivity contribution in [2.24, 2.45) is 5.73 Å². The highest BCUT2D eigenvalue weighted by atomic mass is 19.4. The lowest BCUT2D eigenvalue weighted by molar-refractivity contribution is -0.137. The molecule has 1 atom stereocenters. The maximum absolute atomic E-state index is 12.3. The predicted molar refractivity (Wildman–Crippen MR) is 61.7 cm³/mol. The van der Waals surface area contributed by atoms with Crippen LogP contribution in [0.4, 0.5) is 13.2 Å². The lowest BCUT2D eigenvalue weighted by Crippen LogP contribution is -2.28. The van der Waals surface area contributed by atoms with Crippen LogP contribution in [0.5, 0.6) is 0 Å². The van der Waals surface area contributed by atoms with Crippen LogP contribution in [-0.2, 0) is 11.0 Å². The van der Waals surface area contributed by atoms with E-state index in [0.717, 1.165) is 12.1 Å². The minimum Gasteiger partial charge on any atom is -0.350 e. The molecule has 0 spiro atoms. The topological polar surface area (TPSA) is 55.1 Å². The fourth-order valence-corrected chi connectivity index (χ4v) is 1.49. The summed E-state index contributed by atoms with van der Waals surface area (Å²) in [5.41, 5.74) is 5.14. The zero-order valence-corrected chi connectivity index (χ0v) is 9.92. The lowest BCUT2D eigenvalue weighted by atomic mass is 10.1. The quantitative estimate of drug-likeness (QED) is 0.872. The van der Waals surface area contributed by atoms with Gasteiger partial charge in [0.05, 0.1) is 11.6 Å². The van der Waals surface area contributed by atoms with Gasteiger partial charge in [-0.3, -0.25) is 4.79 Å². The average molecular weight is 260 g/mol. The normalized spacial score (nSPS) is 13.2. The van der Waals surface area contributed by atoms with Gasteiger partial charge in [0.2, 0.25) is 5.91 Å². The van der Waals surface area contributed by atoms with Crippen molar-refractivity contribution in [2.75, 3.05) is 6.54 Å². The first-order valence-electron chi connectivity index (χ1n) is 5.51. The SMILES string of the molecule is CC(NC(=O)CCN)c1ccc(C(F)(F)F)cc1. The molecule has 100 valence electrons. The van der Waals surface area contributed by atoms with Crippen LogP contribution in [0.2, 0.25) is 0 Å². The summed E-state index contributed by atoms with van der Waals surface area (Å²) in [7, 11) is 0. The van der Waals surface area contributed by atoms with Crippen LogP contribution < -0.4 is 11.1 Å². The number of carbonyl (C=O) groups is 1. The van der Waals surface area contributed by atoms with E-state index in [9.17, 15) is 18.0 Å². The van der Waals surface area contributed by atoms with Crippen LogP contribution in [0.3, 0.4) is 0 Å². The Balaban J connectivity index is 2.70. The fourth-order valence-electron chi connectivity index (χ4n) is 1.49. The van der Waals surface area contributed by atoms with E-state index in [1.54, 1.807) is 6.92 Å². The number of rotatable bonds is 4. The molecule has 0 aliphatic rings.